The molecule has 6 nitrogen and oxygen atoms in total. The molecule has 0 bridgehead atoms. The van der Waals surface area contributed by atoms with E-state index in [1.807, 2.05) is 6.92 Å². The van der Waals surface area contributed by atoms with Gasteiger partial charge in [-0.1, -0.05) is 5.16 Å². The molecule has 1 aliphatic rings. The number of ether oxygens (including phenoxy) is 2. The smallest absolute Gasteiger partial charge is 0.214 e. The van der Waals surface area contributed by atoms with E-state index in [4.69, 9.17) is 20.4 Å². The summed E-state index contributed by atoms with van der Waals surface area (Å²) in [7, 11) is 0. The molecule has 2 heterocycles. The standard InChI is InChI=1S/C11H15N3O3/c1-7-4-8(11(12)14-15)5-10(13-7)17-9-2-3-16-6-9/h4-5,9,15H,2-3,6H2,1H3,(H2,12,14). The average Bonchev–Trinajstić information content (AvgIpc) is 2.80. The number of aromatic nitrogens is 1. The van der Waals surface area contributed by atoms with Gasteiger partial charge in [0.15, 0.2) is 5.84 Å². The third kappa shape index (κ3) is 2.85. The molecule has 0 amide bonds. The van der Waals surface area contributed by atoms with Gasteiger partial charge in [-0.25, -0.2) is 4.98 Å². The first-order valence-corrected chi connectivity index (χ1v) is 5.40. The van der Waals surface area contributed by atoms with Gasteiger partial charge < -0.3 is 20.4 Å². The SMILES string of the molecule is Cc1cc(/C(N)=N/O)cc(OC2CCOC2)n1. The second kappa shape index (κ2) is 5.01. The van der Waals surface area contributed by atoms with Crippen molar-refractivity contribution in [3.63, 3.8) is 0 Å². The summed E-state index contributed by atoms with van der Waals surface area (Å²) in [5.41, 5.74) is 6.88. The molecular weight excluding hydrogens is 222 g/mol. The summed E-state index contributed by atoms with van der Waals surface area (Å²) in [5.74, 6) is 0.519. The Balaban J connectivity index is 2.18. The highest BCUT2D eigenvalue weighted by Gasteiger charge is 2.18. The van der Waals surface area contributed by atoms with Crippen molar-refractivity contribution < 1.29 is 14.7 Å². The van der Waals surface area contributed by atoms with Crippen LogP contribution in [0, 0.1) is 6.92 Å². The Kier molecular flexibility index (Phi) is 3.43. The lowest BCUT2D eigenvalue weighted by molar-refractivity contribution is 0.138. The van der Waals surface area contributed by atoms with Crippen molar-refractivity contribution in [2.45, 2.75) is 19.4 Å². The minimum atomic E-state index is 0.0319. The lowest BCUT2D eigenvalue weighted by Crippen LogP contribution is -2.18. The lowest BCUT2D eigenvalue weighted by Gasteiger charge is -2.12. The minimum absolute atomic E-state index is 0.0319. The number of pyridine rings is 1. The second-order valence-electron chi connectivity index (χ2n) is 3.92. The summed E-state index contributed by atoms with van der Waals surface area (Å²) >= 11 is 0. The second-order valence-corrected chi connectivity index (χ2v) is 3.92. The molecule has 0 aliphatic carbocycles. The van der Waals surface area contributed by atoms with E-state index < -0.39 is 0 Å². The third-order valence-electron chi connectivity index (χ3n) is 2.51. The molecule has 1 fully saturated rings. The number of hydrogen-bond acceptors (Lipinski definition) is 5. The van der Waals surface area contributed by atoms with Crippen molar-refractivity contribution in [1.82, 2.24) is 4.98 Å². The molecule has 0 saturated carbocycles. The summed E-state index contributed by atoms with van der Waals surface area (Å²) in [6.45, 7) is 3.12. The summed E-state index contributed by atoms with van der Waals surface area (Å²) in [6, 6.07) is 3.38. The van der Waals surface area contributed by atoms with Crippen LogP contribution in [-0.4, -0.2) is 35.3 Å². The monoisotopic (exact) mass is 237 g/mol. The first kappa shape index (κ1) is 11.7. The highest BCUT2D eigenvalue weighted by molar-refractivity contribution is 5.97. The molecule has 1 aliphatic heterocycles. The van der Waals surface area contributed by atoms with E-state index >= 15 is 0 Å². The van der Waals surface area contributed by atoms with E-state index in [2.05, 4.69) is 10.1 Å². The van der Waals surface area contributed by atoms with Crippen LogP contribution in [0.1, 0.15) is 17.7 Å². The Labute approximate surface area is 99.0 Å². The van der Waals surface area contributed by atoms with Gasteiger partial charge in [-0.3, -0.25) is 0 Å². The molecule has 0 aromatic carbocycles. The number of nitrogens with zero attached hydrogens (tertiary/aromatic N) is 2. The van der Waals surface area contributed by atoms with E-state index in [0.29, 0.717) is 24.7 Å². The number of aryl methyl sites for hydroxylation is 1. The number of amidine groups is 1. The van der Waals surface area contributed by atoms with E-state index in [1.165, 1.54) is 0 Å². The zero-order valence-corrected chi connectivity index (χ0v) is 9.59. The summed E-state index contributed by atoms with van der Waals surface area (Å²) in [5, 5.41) is 11.6. The van der Waals surface area contributed by atoms with Gasteiger partial charge in [0.2, 0.25) is 5.88 Å². The van der Waals surface area contributed by atoms with Gasteiger partial charge in [0, 0.05) is 23.7 Å². The zero-order valence-electron chi connectivity index (χ0n) is 9.59. The van der Waals surface area contributed by atoms with Gasteiger partial charge in [-0.2, -0.15) is 0 Å². The molecule has 1 atom stereocenters. The first-order valence-electron chi connectivity index (χ1n) is 5.40. The van der Waals surface area contributed by atoms with Crippen molar-refractivity contribution in [2.75, 3.05) is 13.2 Å². The molecule has 1 unspecified atom stereocenters. The van der Waals surface area contributed by atoms with Crippen LogP contribution in [-0.2, 0) is 4.74 Å². The van der Waals surface area contributed by atoms with E-state index in [-0.39, 0.29) is 11.9 Å². The molecule has 1 aromatic rings. The number of rotatable bonds is 3. The van der Waals surface area contributed by atoms with E-state index in [9.17, 15) is 0 Å². The Morgan fingerprint density at radius 2 is 2.47 bits per heavy atom. The van der Waals surface area contributed by atoms with Gasteiger partial charge in [-0.05, 0) is 13.0 Å². The molecule has 2 rings (SSSR count). The lowest BCUT2D eigenvalue weighted by atomic mass is 10.2. The highest BCUT2D eigenvalue weighted by atomic mass is 16.5. The van der Waals surface area contributed by atoms with Crippen molar-refractivity contribution in [1.29, 1.82) is 0 Å². The van der Waals surface area contributed by atoms with Crippen LogP contribution in [0.15, 0.2) is 17.3 Å². The maximum absolute atomic E-state index is 8.64. The van der Waals surface area contributed by atoms with Crippen LogP contribution in [0.3, 0.4) is 0 Å². The fourth-order valence-corrected chi connectivity index (χ4v) is 1.68. The molecular formula is C11H15N3O3. The molecule has 92 valence electrons. The van der Waals surface area contributed by atoms with Gasteiger partial charge in [0.05, 0.1) is 13.2 Å². The topological polar surface area (TPSA) is 90.0 Å². The molecule has 1 saturated heterocycles. The normalized spacial score (nSPS) is 20.5. The molecule has 6 heteroatoms. The number of oxime groups is 1. The number of hydrogen-bond donors (Lipinski definition) is 2. The Morgan fingerprint density at radius 1 is 1.65 bits per heavy atom. The van der Waals surface area contributed by atoms with Crippen molar-refractivity contribution in [3.05, 3.63) is 23.4 Å². The summed E-state index contributed by atoms with van der Waals surface area (Å²) in [6.07, 6.45) is 0.888. The molecule has 0 radical (unpaired) electrons. The van der Waals surface area contributed by atoms with Crippen LogP contribution in [0.4, 0.5) is 0 Å². The quantitative estimate of drug-likeness (QED) is 0.349. The maximum atomic E-state index is 8.64. The zero-order chi connectivity index (χ0) is 12.3. The van der Waals surface area contributed by atoms with Crippen LogP contribution < -0.4 is 10.5 Å². The predicted molar refractivity (Wildman–Crippen MR) is 61.3 cm³/mol. The summed E-state index contributed by atoms with van der Waals surface area (Å²) < 4.78 is 10.9. The van der Waals surface area contributed by atoms with Gasteiger partial charge in [0.25, 0.3) is 0 Å². The van der Waals surface area contributed by atoms with Crippen LogP contribution >= 0.6 is 0 Å². The van der Waals surface area contributed by atoms with E-state index in [1.54, 1.807) is 12.1 Å². The predicted octanol–water partition coefficient (Wildman–Crippen LogP) is 0.652. The molecule has 0 spiro atoms. The van der Waals surface area contributed by atoms with Crippen molar-refractivity contribution >= 4 is 5.84 Å². The largest absolute Gasteiger partial charge is 0.472 e. The highest BCUT2D eigenvalue weighted by Crippen LogP contribution is 2.17. The Hall–Kier alpha value is -1.82. The Bertz CT molecular complexity index is 428. The van der Waals surface area contributed by atoms with Crippen LogP contribution in [0.2, 0.25) is 0 Å². The molecule has 1 aromatic heterocycles. The third-order valence-corrected chi connectivity index (χ3v) is 2.51. The number of nitrogens with two attached hydrogens (primary N) is 1. The fraction of sp³-hybridized carbons (Fsp3) is 0.455. The molecule has 3 N–H and O–H groups in total. The fourth-order valence-electron chi connectivity index (χ4n) is 1.68. The van der Waals surface area contributed by atoms with Crippen molar-refractivity contribution in [2.24, 2.45) is 10.9 Å². The Morgan fingerprint density at radius 3 is 3.12 bits per heavy atom. The summed E-state index contributed by atoms with van der Waals surface area (Å²) in [4.78, 5) is 4.24. The maximum Gasteiger partial charge on any atom is 0.214 e. The van der Waals surface area contributed by atoms with E-state index in [0.717, 1.165) is 12.1 Å². The molecule has 17 heavy (non-hydrogen) atoms. The van der Waals surface area contributed by atoms with Crippen LogP contribution in [0.25, 0.3) is 0 Å². The van der Waals surface area contributed by atoms with Gasteiger partial charge >= 0.3 is 0 Å². The first-order chi connectivity index (χ1) is 8.19. The van der Waals surface area contributed by atoms with Gasteiger partial charge in [-0.15, -0.1) is 0 Å². The van der Waals surface area contributed by atoms with Crippen LogP contribution in [0.5, 0.6) is 5.88 Å². The average molecular weight is 237 g/mol. The minimum Gasteiger partial charge on any atom is -0.472 e. The van der Waals surface area contributed by atoms with Crippen molar-refractivity contribution in [3.8, 4) is 5.88 Å². The van der Waals surface area contributed by atoms with Gasteiger partial charge in [0.1, 0.15) is 6.10 Å².